The minimum absolute atomic E-state index is 0.104. The third kappa shape index (κ3) is 3.25. The molecule has 0 heterocycles. The van der Waals surface area contributed by atoms with E-state index in [1.807, 2.05) is 0 Å². The van der Waals surface area contributed by atoms with Crippen molar-refractivity contribution in [3.05, 3.63) is 0 Å². The van der Waals surface area contributed by atoms with Gasteiger partial charge in [-0.3, -0.25) is 0 Å². The molecule has 0 aromatic heterocycles. The van der Waals surface area contributed by atoms with E-state index in [-0.39, 0.29) is 12.7 Å². The van der Waals surface area contributed by atoms with Crippen molar-refractivity contribution in [2.75, 3.05) is 26.2 Å². The molecule has 1 aliphatic rings. The summed E-state index contributed by atoms with van der Waals surface area (Å²) in [6, 6.07) is 0. The van der Waals surface area contributed by atoms with Crippen LogP contribution in [0.25, 0.3) is 0 Å². The van der Waals surface area contributed by atoms with E-state index in [2.05, 4.69) is 11.8 Å². The summed E-state index contributed by atoms with van der Waals surface area (Å²) in [5.41, 5.74) is 0. The molecule has 1 fully saturated rings. The third-order valence-corrected chi connectivity index (χ3v) is 2.98. The second kappa shape index (κ2) is 5.58. The van der Waals surface area contributed by atoms with Crippen LogP contribution in [0.4, 0.5) is 0 Å². The number of likely N-dealkylation sites (N-methyl/N-ethyl adjacent to an activating group) is 1. The molecule has 3 heteroatoms. The molecule has 78 valence electrons. The molecule has 1 aliphatic carbocycles. The average Bonchev–Trinajstić information content (AvgIpc) is 2.51. The average molecular weight is 187 g/mol. The molecule has 0 radical (unpaired) electrons. The first-order valence-corrected chi connectivity index (χ1v) is 5.29. The summed E-state index contributed by atoms with van der Waals surface area (Å²) in [7, 11) is 0. The third-order valence-electron chi connectivity index (χ3n) is 2.98. The maximum absolute atomic E-state index is 9.61. The highest BCUT2D eigenvalue weighted by molar-refractivity contribution is 4.79. The number of rotatable bonds is 5. The van der Waals surface area contributed by atoms with E-state index in [0.29, 0.717) is 5.92 Å². The lowest BCUT2D eigenvalue weighted by Crippen LogP contribution is -2.34. The quantitative estimate of drug-likeness (QED) is 0.657. The summed E-state index contributed by atoms with van der Waals surface area (Å²) in [6.07, 6.45) is 3.15. The maximum atomic E-state index is 9.61. The summed E-state index contributed by atoms with van der Waals surface area (Å²) in [5, 5.41) is 18.4. The van der Waals surface area contributed by atoms with Gasteiger partial charge >= 0.3 is 0 Å². The maximum Gasteiger partial charge on any atom is 0.0580 e. The van der Waals surface area contributed by atoms with Gasteiger partial charge < -0.3 is 15.1 Å². The molecule has 13 heavy (non-hydrogen) atoms. The molecule has 1 rings (SSSR count). The van der Waals surface area contributed by atoms with Crippen molar-refractivity contribution in [3.63, 3.8) is 0 Å². The number of aliphatic hydroxyl groups is 2. The first-order chi connectivity index (χ1) is 6.27. The van der Waals surface area contributed by atoms with Crippen molar-refractivity contribution in [1.82, 2.24) is 4.90 Å². The summed E-state index contributed by atoms with van der Waals surface area (Å²) < 4.78 is 0. The van der Waals surface area contributed by atoms with Crippen molar-refractivity contribution in [2.45, 2.75) is 32.3 Å². The van der Waals surface area contributed by atoms with Gasteiger partial charge in [-0.2, -0.15) is 0 Å². The van der Waals surface area contributed by atoms with Gasteiger partial charge in [-0.1, -0.05) is 13.3 Å². The van der Waals surface area contributed by atoms with Crippen molar-refractivity contribution in [2.24, 2.45) is 5.92 Å². The van der Waals surface area contributed by atoms with Crippen LogP contribution in [0.3, 0.4) is 0 Å². The fourth-order valence-electron chi connectivity index (χ4n) is 2.08. The zero-order chi connectivity index (χ0) is 9.68. The van der Waals surface area contributed by atoms with Crippen LogP contribution >= 0.6 is 0 Å². The van der Waals surface area contributed by atoms with Gasteiger partial charge in [0, 0.05) is 13.1 Å². The minimum atomic E-state index is -0.104. The molecule has 2 unspecified atom stereocenters. The molecule has 0 saturated heterocycles. The Morgan fingerprint density at radius 3 is 2.62 bits per heavy atom. The van der Waals surface area contributed by atoms with Gasteiger partial charge in [0.15, 0.2) is 0 Å². The number of nitrogens with zero attached hydrogens (tertiary/aromatic N) is 1. The Labute approximate surface area is 80.4 Å². The van der Waals surface area contributed by atoms with Gasteiger partial charge in [0.25, 0.3) is 0 Å². The highest BCUT2D eigenvalue weighted by atomic mass is 16.3. The van der Waals surface area contributed by atoms with Crippen molar-refractivity contribution in [3.8, 4) is 0 Å². The van der Waals surface area contributed by atoms with Crippen LogP contribution in [-0.2, 0) is 0 Å². The number of hydrogen-bond acceptors (Lipinski definition) is 3. The Balaban J connectivity index is 2.27. The van der Waals surface area contributed by atoms with Gasteiger partial charge in [0.1, 0.15) is 0 Å². The minimum Gasteiger partial charge on any atom is -0.395 e. The molecular weight excluding hydrogens is 166 g/mol. The lowest BCUT2D eigenvalue weighted by molar-refractivity contribution is 0.0960. The SMILES string of the molecule is CCN(CCO)CC1CCCC1O. The second-order valence-electron chi connectivity index (χ2n) is 3.88. The van der Waals surface area contributed by atoms with Crippen LogP contribution in [0, 0.1) is 5.92 Å². The Morgan fingerprint density at radius 1 is 1.38 bits per heavy atom. The van der Waals surface area contributed by atoms with Crippen molar-refractivity contribution >= 4 is 0 Å². The molecule has 0 amide bonds. The standard InChI is InChI=1S/C10H21NO2/c1-2-11(6-7-12)8-9-4-3-5-10(9)13/h9-10,12-13H,2-8H2,1H3. The van der Waals surface area contributed by atoms with Gasteiger partial charge in [-0.25, -0.2) is 0 Å². The monoisotopic (exact) mass is 187 g/mol. The summed E-state index contributed by atoms with van der Waals surface area (Å²) in [6.45, 7) is 4.95. The predicted molar refractivity (Wildman–Crippen MR) is 52.5 cm³/mol. The first kappa shape index (κ1) is 11.0. The number of aliphatic hydroxyl groups excluding tert-OH is 2. The van der Waals surface area contributed by atoms with Crippen molar-refractivity contribution < 1.29 is 10.2 Å². The van der Waals surface area contributed by atoms with Crippen LogP contribution in [0.15, 0.2) is 0 Å². The highest BCUT2D eigenvalue weighted by Crippen LogP contribution is 2.26. The smallest absolute Gasteiger partial charge is 0.0580 e. The van der Waals surface area contributed by atoms with Gasteiger partial charge in [0.05, 0.1) is 12.7 Å². The second-order valence-corrected chi connectivity index (χ2v) is 3.88. The van der Waals surface area contributed by atoms with E-state index in [1.54, 1.807) is 0 Å². The predicted octanol–water partition coefficient (Wildman–Crippen LogP) is 0.462. The van der Waals surface area contributed by atoms with E-state index in [1.165, 1.54) is 0 Å². The van der Waals surface area contributed by atoms with E-state index in [0.717, 1.165) is 38.9 Å². The zero-order valence-corrected chi connectivity index (χ0v) is 8.45. The normalized spacial score (nSPS) is 28.6. The van der Waals surface area contributed by atoms with Gasteiger partial charge in [-0.05, 0) is 25.3 Å². The molecule has 3 nitrogen and oxygen atoms in total. The van der Waals surface area contributed by atoms with Crippen LogP contribution in [0.2, 0.25) is 0 Å². The zero-order valence-electron chi connectivity index (χ0n) is 8.45. The molecular formula is C10H21NO2. The summed E-state index contributed by atoms with van der Waals surface area (Å²) >= 11 is 0. The van der Waals surface area contributed by atoms with Crippen LogP contribution in [0.1, 0.15) is 26.2 Å². The highest BCUT2D eigenvalue weighted by Gasteiger charge is 2.26. The Morgan fingerprint density at radius 2 is 2.15 bits per heavy atom. The molecule has 2 N–H and O–H groups in total. The molecule has 1 saturated carbocycles. The topological polar surface area (TPSA) is 43.7 Å². The fraction of sp³-hybridized carbons (Fsp3) is 1.00. The summed E-state index contributed by atoms with van der Waals surface area (Å²) in [4.78, 5) is 2.21. The van der Waals surface area contributed by atoms with E-state index in [4.69, 9.17) is 5.11 Å². The molecule has 0 spiro atoms. The number of hydrogen-bond donors (Lipinski definition) is 2. The van der Waals surface area contributed by atoms with Gasteiger partial charge in [-0.15, -0.1) is 0 Å². The molecule has 0 aliphatic heterocycles. The molecule has 0 aromatic carbocycles. The van der Waals surface area contributed by atoms with E-state index in [9.17, 15) is 5.11 Å². The van der Waals surface area contributed by atoms with Crippen LogP contribution in [-0.4, -0.2) is 47.5 Å². The lowest BCUT2D eigenvalue weighted by atomic mass is 10.1. The van der Waals surface area contributed by atoms with E-state index < -0.39 is 0 Å². The Hall–Kier alpha value is -0.120. The largest absolute Gasteiger partial charge is 0.395 e. The molecule has 0 aromatic rings. The molecule has 0 bridgehead atoms. The van der Waals surface area contributed by atoms with Crippen LogP contribution < -0.4 is 0 Å². The van der Waals surface area contributed by atoms with E-state index >= 15 is 0 Å². The Kier molecular flexibility index (Phi) is 4.70. The van der Waals surface area contributed by atoms with Crippen molar-refractivity contribution in [1.29, 1.82) is 0 Å². The first-order valence-electron chi connectivity index (χ1n) is 5.29. The van der Waals surface area contributed by atoms with Crippen LogP contribution in [0.5, 0.6) is 0 Å². The molecule has 2 atom stereocenters. The fourth-order valence-corrected chi connectivity index (χ4v) is 2.08. The van der Waals surface area contributed by atoms with Gasteiger partial charge in [0.2, 0.25) is 0 Å². The lowest BCUT2D eigenvalue weighted by Gasteiger charge is -2.24. The summed E-state index contributed by atoms with van der Waals surface area (Å²) in [5.74, 6) is 0.437. The Bertz CT molecular complexity index is 141.